The summed E-state index contributed by atoms with van der Waals surface area (Å²) in [5, 5.41) is 15.4. The van der Waals surface area contributed by atoms with Crippen LogP contribution >= 0.6 is 11.6 Å². The van der Waals surface area contributed by atoms with E-state index in [0.717, 1.165) is 0 Å². The Kier molecular flexibility index (Phi) is 5.38. The van der Waals surface area contributed by atoms with Crippen LogP contribution in [-0.4, -0.2) is 29.7 Å². The first-order valence-corrected chi connectivity index (χ1v) is 9.72. The van der Waals surface area contributed by atoms with Gasteiger partial charge < -0.3 is 10.2 Å². The molecule has 0 unspecified atom stereocenters. The van der Waals surface area contributed by atoms with Crippen molar-refractivity contribution in [3.63, 3.8) is 0 Å². The molecule has 1 aromatic heterocycles. The zero-order valence-electron chi connectivity index (χ0n) is 14.2. The van der Waals surface area contributed by atoms with Crippen molar-refractivity contribution < 1.29 is 22.8 Å². The van der Waals surface area contributed by atoms with Gasteiger partial charge in [-0.25, -0.2) is 23.3 Å². The first-order chi connectivity index (χ1) is 13.1. The highest BCUT2D eigenvalue weighted by Crippen LogP contribution is 2.34. The van der Waals surface area contributed by atoms with Gasteiger partial charge in [0.15, 0.2) is 5.76 Å². The number of amides is 2. The highest BCUT2D eigenvalue weighted by atomic mass is 35.5. The molecule has 0 fully saturated rings. The van der Waals surface area contributed by atoms with Crippen molar-refractivity contribution >= 4 is 27.7 Å². The van der Waals surface area contributed by atoms with Crippen LogP contribution in [0, 0.1) is 0 Å². The standard InChI is InChI=1S/C17H15ClN4O5S/c18-12-5-1-10(2-6-12)15-16(27-14(21-15)9-22(24)17(19)23)11-3-7-13(8-4-11)28(20,25)26/h1-8,24H,9H2,(H2,19,23)(H2,20,25,26). The number of hydrogen-bond acceptors (Lipinski definition) is 6. The Hall–Kier alpha value is -2.92. The number of sulfonamides is 1. The molecule has 146 valence electrons. The van der Waals surface area contributed by atoms with Gasteiger partial charge in [-0.05, 0) is 36.4 Å². The third-order valence-electron chi connectivity index (χ3n) is 3.77. The molecular weight excluding hydrogens is 408 g/mol. The van der Waals surface area contributed by atoms with Gasteiger partial charge >= 0.3 is 6.03 Å². The molecule has 0 atom stereocenters. The maximum atomic E-state index is 11.4. The number of aromatic nitrogens is 1. The monoisotopic (exact) mass is 422 g/mol. The molecule has 11 heteroatoms. The van der Waals surface area contributed by atoms with Crippen LogP contribution in [0.1, 0.15) is 5.89 Å². The summed E-state index contributed by atoms with van der Waals surface area (Å²) in [5.74, 6) is 0.327. The Bertz CT molecular complexity index is 1110. The van der Waals surface area contributed by atoms with Crippen LogP contribution in [0.15, 0.2) is 57.8 Å². The third kappa shape index (κ3) is 4.31. The summed E-state index contributed by atoms with van der Waals surface area (Å²) in [7, 11) is -3.84. The van der Waals surface area contributed by atoms with Crippen molar-refractivity contribution in [3.05, 3.63) is 59.4 Å². The lowest BCUT2D eigenvalue weighted by Gasteiger charge is -2.08. The molecule has 0 saturated carbocycles. The quantitative estimate of drug-likeness (QED) is 0.424. The fraction of sp³-hybridized carbons (Fsp3) is 0.0588. The summed E-state index contributed by atoms with van der Waals surface area (Å²) in [4.78, 5) is 15.3. The average molecular weight is 423 g/mol. The van der Waals surface area contributed by atoms with E-state index in [1.807, 2.05) is 0 Å². The Balaban J connectivity index is 2.08. The van der Waals surface area contributed by atoms with Crippen LogP contribution in [0.2, 0.25) is 5.02 Å². The van der Waals surface area contributed by atoms with E-state index in [-0.39, 0.29) is 22.4 Å². The van der Waals surface area contributed by atoms with Crippen LogP contribution in [0.5, 0.6) is 0 Å². The second-order valence-corrected chi connectivity index (χ2v) is 7.76. The van der Waals surface area contributed by atoms with Gasteiger partial charge in [-0.1, -0.05) is 23.7 Å². The number of halogens is 1. The number of rotatable bonds is 5. The van der Waals surface area contributed by atoms with E-state index in [0.29, 0.717) is 27.6 Å². The van der Waals surface area contributed by atoms with E-state index in [1.54, 1.807) is 24.3 Å². The molecule has 0 radical (unpaired) electrons. The molecule has 5 N–H and O–H groups in total. The first-order valence-electron chi connectivity index (χ1n) is 7.80. The van der Waals surface area contributed by atoms with Crippen molar-refractivity contribution in [2.24, 2.45) is 10.9 Å². The molecule has 0 saturated heterocycles. The summed E-state index contributed by atoms with van der Waals surface area (Å²) in [6.45, 7) is -0.370. The summed E-state index contributed by atoms with van der Waals surface area (Å²) in [6, 6.07) is 11.4. The summed E-state index contributed by atoms with van der Waals surface area (Å²) in [6.07, 6.45) is 0. The predicted molar refractivity (Wildman–Crippen MR) is 101 cm³/mol. The minimum absolute atomic E-state index is 0.0248. The fourth-order valence-corrected chi connectivity index (χ4v) is 3.07. The number of carbonyl (C=O) groups excluding carboxylic acids is 1. The fourth-order valence-electron chi connectivity index (χ4n) is 2.43. The van der Waals surface area contributed by atoms with Crippen molar-refractivity contribution in [1.29, 1.82) is 0 Å². The minimum atomic E-state index is -3.84. The maximum Gasteiger partial charge on any atom is 0.339 e. The number of carbonyl (C=O) groups is 1. The first kappa shape index (κ1) is 19.8. The molecule has 1 heterocycles. The van der Waals surface area contributed by atoms with Crippen molar-refractivity contribution in [3.8, 4) is 22.6 Å². The van der Waals surface area contributed by atoms with Gasteiger partial charge in [0.05, 0.1) is 4.90 Å². The van der Waals surface area contributed by atoms with Crippen LogP contribution in [0.4, 0.5) is 4.79 Å². The molecule has 9 nitrogen and oxygen atoms in total. The van der Waals surface area contributed by atoms with Crippen LogP contribution in [0.25, 0.3) is 22.6 Å². The number of oxazole rings is 1. The predicted octanol–water partition coefficient (Wildman–Crippen LogP) is 2.58. The summed E-state index contributed by atoms with van der Waals surface area (Å²) >= 11 is 5.92. The number of primary amides is 1. The van der Waals surface area contributed by atoms with Gasteiger partial charge in [0.25, 0.3) is 0 Å². The molecule has 0 aliphatic heterocycles. The number of urea groups is 1. The number of nitrogens with zero attached hydrogens (tertiary/aromatic N) is 2. The van der Waals surface area contributed by atoms with Gasteiger partial charge in [0.1, 0.15) is 12.2 Å². The number of benzene rings is 2. The molecule has 3 rings (SSSR count). The zero-order chi connectivity index (χ0) is 20.5. The maximum absolute atomic E-state index is 11.4. The normalized spacial score (nSPS) is 11.4. The number of primary sulfonamides is 1. The summed E-state index contributed by atoms with van der Waals surface area (Å²) < 4.78 is 28.6. The van der Waals surface area contributed by atoms with Gasteiger partial charge in [-0.2, -0.15) is 5.06 Å². The minimum Gasteiger partial charge on any atom is -0.438 e. The molecule has 0 aliphatic carbocycles. The highest BCUT2D eigenvalue weighted by molar-refractivity contribution is 7.89. The van der Waals surface area contributed by atoms with Crippen molar-refractivity contribution in [2.45, 2.75) is 11.4 Å². The SMILES string of the molecule is NC(=O)N(O)Cc1nc(-c2ccc(Cl)cc2)c(-c2ccc(S(N)(=O)=O)cc2)o1. The Morgan fingerprint density at radius 3 is 2.21 bits per heavy atom. The smallest absolute Gasteiger partial charge is 0.339 e. The number of hydroxylamine groups is 2. The van der Waals surface area contributed by atoms with Gasteiger partial charge in [-0.15, -0.1) is 0 Å². The molecule has 2 amide bonds. The number of nitrogens with two attached hydrogens (primary N) is 2. The largest absolute Gasteiger partial charge is 0.438 e. The Labute approximate surface area is 165 Å². The van der Waals surface area contributed by atoms with E-state index >= 15 is 0 Å². The molecule has 3 aromatic rings. The van der Waals surface area contributed by atoms with Crippen molar-refractivity contribution in [2.75, 3.05) is 0 Å². The lowest BCUT2D eigenvalue weighted by atomic mass is 10.1. The zero-order valence-corrected chi connectivity index (χ0v) is 15.8. The Morgan fingerprint density at radius 1 is 1.11 bits per heavy atom. The topological polar surface area (TPSA) is 153 Å². The molecule has 2 aromatic carbocycles. The molecule has 28 heavy (non-hydrogen) atoms. The second-order valence-electron chi connectivity index (χ2n) is 5.76. The highest BCUT2D eigenvalue weighted by Gasteiger charge is 2.20. The van der Waals surface area contributed by atoms with Crippen LogP contribution in [0.3, 0.4) is 0 Å². The lowest BCUT2D eigenvalue weighted by Crippen LogP contribution is -2.32. The van der Waals surface area contributed by atoms with E-state index in [2.05, 4.69) is 4.98 Å². The van der Waals surface area contributed by atoms with E-state index in [1.165, 1.54) is 24.3 Å². The average Bonchev–Trinajstić information content (AvgIpc) is 3.05. The molecule has 0 bridgehead atoms. The van der Waals surface area contributed by atoms with Gasteiger partial charge in [-0.3, -0.25) is 5.21 Å². The second kappa shape index (κ2) is 7.60. The summed E-state index contributed by atoms with van der Waals surface area (Å²) in [5.41, 5.74) is 6.59. The molecule has 0 aliphatic rings. The molecular formula is C17H15ClN4O5S. The van der Waals surface area contributed by atoms with Crippen LogP contribution in [-0.2, 0) is 16.6 Å². The van der Waals surface area contributed by atoms with E-state index in [4.69, 9.17) is 26.9 Å². The van der Waals surface area contributed by atoms with Crippen molar-refractivity contribution in [1.82, 2.24) is 10.0 Å². The lowest BCUT2D eigenvalue weighted by molar-refractivity contribution is -0.0523. The molecule has 0 spiro atoms. The van der Waals surface area contributed by atoms with E-state index in [9.17, 15) is 18.4 Å². The Morgan fingerprint density at radius 2 is 1.68 bits per heavy atom. The third-order valence-corrected chi connectivity index (χ3v) is 4.95. The van der Waals surface area contributed by atoms with Gasteiger partial charge in [0.2, 0.25) is 15.9 Å². The van der Waals surface area contributed by atoms with Gasteiger partial charge in [0, 0.05) is 16.1 Å². The van der Waals surface area contributed by atoms with E-state index < -0.39 is 16.1 Å². The number of hydrogen-bond donors (Lipinski definition) is 3. The van der Waals surface area contributed by atoms with Crippen LogP contribution < -0.4 is 10.9 Å².